The van der Waals surface area contributed by atoms with Crippen molar-refractivity contribution in [3.63, 3.8) is 0 Å². The van der Waals surface area contributed by atoms with Crippen LogP contribution < -0.4 is 0 Å². The van der Waals surface area contributed by atoms with Crippen molar-refractivity contribution in [2.45, 2.75) is 38.7 Å². The molecule has 1 fully saturated rings. The molecule has 0 saturated heterocycles. The van der Waals surface area contributed by atoms with Gasteiger partial charge in [-0.1, -0.05) is 6.92 Å². The van der Waals surface area contributed by atoms with Gasteiger partial charge in [-0.3, -0.25) is 0 Å². The van der Waals surface area contributed by atoms with Crippen molar-refractivity contribution in [3.8, 4) is 0 Å². The summed E-state index contributed by atoms with van der Waals surface area (Å²) in [5.74, 6) is 0.847. The summed E-state index contributed by atoms with van der Waals surface area (Å²) in [5.41, 5.74) is 0. The normalized spacial score (nSPS) is 32.2. The minimum Gasteiger partial charge on any atom is -0.376 e. The summed E-state index contributed by atoms with van der Waals surface area (Å²) in [6.45, 7) is 2.22. The Hall–Kier alpha value is -0.110. The molecule has 1 saturated carbocycles. The SMILES string of the molecule is C[C@H]1CC[C@@H](OCCF)CC1. The second-order valence-corrected chi connectivity index (χ2v) is 3.44. The molecule has 0 aromatic carbocycles. The topological polar surface area (TPSA) is 9.23 Å². The van der Waals surface area contributed by atoms with Crippen molar-refractivity contribution in [3.05, 3.63) is 0 Å². The van der Waals surface area contributed by atoms with Gasteiger partial charge in [-0.15, -0.1) is 0 Å². The molecule has 0 bridgehead atoms. The van der Waals surface area contributed by atoms with E-state index in [1.807, 2.05) is 0 Å². The number of ether oxygens (including phenoxy) is 1. The molecule has 1 aliphatic rings. The second kappa shape index (κ2) is 4.70. The van der Waals surface area contributed by atoms with Crippen LogP contribution in [0.1, 0.15) is 32.6 Å². The minimum absolute atomic E-state index is 0.291. The molecule has 0 heterocycles. The van der Waals surface area contributed by atoms with E-state index in [-0.39, 0.29) is 6.67 Å². The quantitative estimate of drug-likeness (QED) is 0.616. The zero-order valence-corrected chi connectivity index (χ0v) is 7.18. The van der Waals surface area contributed by atoms with Crippen molar-refractivity contribution >= 4 is 0 Å². The van der Waals surface area contributed by atoms with E-state index in [0.717, 1.165) is 18.8 Å². The molecular weight excluding hydrogens is 143 g/mol. The lowest BCUT2D eigenvalue weighted by Crippen LogP contribution is -2.21. The summed E-state index contributed by atoms with van der Waals surface area (Å²) in [6.07, 6.45) is 5.10. The lowest BCUT2D eigenvalue weighted by molar-refractivity contribution is 0.0134. The molecule has 66 valence electrons. The highest BCUT2D eigenvalue weighted by atomic mass is 19.1. The lowest BCUT2D eigenvalue weighted by atomic mass is 9.89. The average Bonchev–Trinajstić information content (AvgIpc) is 2.04. The smallest absolute Gasteiger partial charge is 0.113 e. The third kappa shape index (κ3) is 3.19. The van der Waals surface area contributed by atoms with Gasteiger partial charge in [0.05, 0.1) is 12.7 Å². The maximum atomic E-state index is 11.7. The zero-order valence-electron chi connectivity index (χ0n) is 7.18. The van der Waals surface area contributed by atoms with Crippen molar-refractivity contribution in [2.75, 3.05) is 13.3 Å². The number of rotatable bonds is 3. The molecule has 1 rings (SSSR count). The van der Waals surface area contributed by atoms with Crippen LogP contribution in [0, 0.1) is 5.92 Å². The Balaban J connectivity index is 2.07. The van der Waals surface area contributed by atoms with E-state index in [0.29, 0.717) is 12.7 Å². The number of halogens is 1. The van der Waals surface area contributed by atoms with E-state index in [1.165, 1.54) is 12.8 Å². The molecule has 0 spiro atoms. The van der Waals surface area contributed by atoms with Crippen LogP contribution in [0.5, 0.6) is 0 Å². The van der Waals surface area contributed by atoms with E-state index in [1.54, 1.807) is 0 Å². The third-order valence-corrected chi connectivity index (χ3v) is 2.39. The molecule has 0 amide bonds. The molecule has 0 atom stereocenters. The lowest BCUT2D eigenvalue weighted by Gasteiger charge is -2.25. The summed E-state index contributed by atoms with van der Waals surface area (Å²) in [7, 11) is 0. The molecule has 1 nitrogen and oxygen atoms in total. The number of hydrogen-bond acceptors (Lipinski definition) is 1. The Bertz CT molecular complexity index is 95.0. The van der Waals surface area contributed by atoms with Crippen molar-refractivity contribution in [2.24, 2.45) is 5.92 Å². The molecule has 0 aromatic rings. The van der Waals surface area contributed by atoms with Crippen LogP contribution in [0.25, 0.3) is 0 Å². The summed E-state index contributed by atoms with van der Waals surface area (Å²) in [4.78, 5) is 0. The van der Waals surface area contributed by atoms with Crippen LogP contribution in [0.2, 0.25) is 0 Å². The molecule has 0 aliphatic heterocycles. The monoisotopic (exact) mass is 160 g/mol. The Morgan fingerprint density at radius 1 is 1.27 bits per heavy atom. The Morgan fingerprint density at radius 3 is 2.45 bits per heavy atom. The molecule has 0 aromatic heterocycles. The second-order valence-electron chi connectivity index (χ2n) is 3.44. The predicted molar refractivity (Wildman–Crippen MR) is 43.3 cm³/mol. The average molecular weight is 160 g/mol. The van der Waals surface area contributed by atoms with E-state index in [9.17, 15) is 4.39 Å². The molecule has 1 aliphatic carbocycles. The van der Waals surface area contributed by atoms with Gasteiger partial charge in [0.1, 0.15) is 6.67 Å². The van der Waals surface area contributed by atoms with Crippen LogP contribution in [0.15, 0.2) is 0 Å². The first-order valence-electron chi connectivity index (χ1n) is 4.50. The maximum absolute atomic E-state index is 11.7. The first-order chi connectivity index (χ1) is 5.33. The molecule has 0 unspecified atom stereocenters. The number of alkyl halides is 1. The van der Waals surface area contributed by atoms with Gasteiger partial charge in [-0.05, 0) is 31.6 Å². The van der Waals surface area contributed by atoms with Gasteiger partial charge in [-0.25, -0.2) is 4.39 Å². The van der Waals surface area contributed by atoms with Crippen LogP contribution in [-0.2, 0) is 4.74 Å². The van der Waals surface area contributed by atoms with Gasteiger partial charge in [0.2, 0.25) is 0 Å². The molecule has 0 radical (unpaired) electrons. The highest BCUT2D eigenvalue weighted by molar-refractivity contribution is 4.69. The van der Waals surface area contributed by atoms with Crippen molar-refractivity contribution in [1.82, 2.24) is 0 Å². The highest BCUT2D eigenvalue weighted by Crippen LogP contribution is 2.25. The third-order valence-electron chi connectivity index (χ3n) is 2.39. The predicted octanol–water partition coefficient (Wildman–Crippen LogP) is 2.55. The van der Waals surface area contributed by atoms with Gasteiger partial charge < -0.3 is 4.74 Å². The zero-order chi connectivity index (χ0) is 8.10. The van der Waals surface area contributed by atoms with Gasteiger partial charge >= 0.3 is 0 Å². The first-order valence-corrected chi connectivity index (χ1v) is 4.50. The highest BCUT2D eigenvalue weighted by Gasteiger charge is 2.17. The van der Waals surface area contributed by atoms with Crippen molar-refractivity contribution < 1.29 is 9.13 Å². The number of hydrogen-bond donors (Lipinski definition) is 0. The largest absolute Gasteiger partial charge is 0.376 e. The summed E-state index contributed by atoms with van der Waals surface area (Å²) in [6, 6.07) is 0. The first kappa shape index (κ1) is 8.98. The van der Waals surface area contributed by atoms with E-state index < -0.39 is 0 Å². The fraction of sp³-hybridized carbons (Fsp3) is 1.00. The van der Waals surface area contributed by atoms with E-state index in [2.05, 4.69) is 6.92 Å². The fourth-order valence-corrected chi connectivity index (χ4v) is 1.61. The summed E-state index contributed by atoms with van der Waals surface area (Å²) < 4.78 is 17.0. The Labute approximate surface area is 67.9 Å². The van der Waals surface area contributed by atoms with Crippen LogP contribution in [-0.4, -0.2) is 19.4 Å². The van der Waals surface area contributed by atoms with Crippen LogP contribution in [0.3, 0.4) is 0 Å². The molecule has 2 heteroatoms. The van der Waals surface area contributed by atoms with Crippen LogP contribution >= 0.6 is 0 Å². The van der Waals surface area contributed by atoms with E-state index in [4.69, 9.17) is 4.74 Å². The molecule has 0 N–H and O–H groups in total. The van der Waals surface area contributed by atoms with Gasteiger partial charge in [0.15, 0.2) is 0 Å². The fourth-order valence-electron chi connectivity index (χ4n) is 1.61. The Morgan fingerprint density at radius 2 is 1.91 bits per heavy atom. The standard InChI is InChI=1S/C9H17FO/c1-8-2-4-9(5-3-8)11-7-6-10/h8-9H,2-7H2,1H3/t8-,9+. The molecular formula is C9H17FO. The van der Waals surface area contributed by atoms with E-state index >= 15 is 0 Å². The van der Waals surface area contributed by atoms with Gasteiger partial charge in [0, 0.05) is 0 Å². The summed E-state index contributed by atoms with van der Waals surface area (Å²) >= 11 is 0. The van der Waals surface area contributed by atoms with Gasteiger partial charge in [0.25, 0.3) is 0 Å². The van der Waals surface area contributed by atoms with Gasteiger partial charge in [-0.2, -0.15) is 0 Å². The maximum Gasteiger partial charge on any atom is 0.113 e. The summed E-state index contributed by atoms with van der Waals surface area (Å²) in [5, 5.41) is 0. The minimum atomic E-state index is -0.341. The van der Waals surface area contributed by atoms with Crippen LogP contribution in [0.4, 0.5) is 4.39 Å². The Kier molecular flexibility index (Phi) is 3.84. The molecule has 11 heavy (non-hydrogen) atoms. The van der Waals surface area contributed by atoms with Crippen molar-refractivity contribution in [1.29, 1.82) is 0 Å².